The number of hydrogen-bond acceptors (Lipinski definition) is 2. The first-order valence-electron chi connectivity index (χ1n) is 6.55. The molecule has 1 aromatic carbocycles. The molecule has 0 aliphatic carbocycles. The van der Waals surface area contributed by atoms with Crippen LogP contribution < -0.4 is 5.32 Å². The monoisotopic (exact) mass is 339 g/mol. The lowest BCUT2D eigenvalue weighted by Crippen LogP contribution is -2.51. The molecule has 1 N–H and O–H groups in total. The Morgan fingerprint density at radius 1 is 1.15 bits per heavy atom. The minimum Gasteiger partial charge on any atom is -0.339 e. The summed E-state index contributed by atoms with van der Waals surface area (Å²) in [6.07, 6.45) is 0. The van der Waals surface area contributed by atoms with Gasteiger partial charge in [-0.3, -0.25) is 4.79 Å². The summed E-state index contributed by atoms with van der Waals surface area (Å²) in [5, 5.41) is 2.89. The van der Waals surface area contributed by atoms with E-state index in [1.54, 1.807) is 16.7 Å². The molecule has 0 radical (unpaired) electrons. The summed E-state index contributed by atoms with van der Waals surface area (Å²) < 4.78 is 0.869. The maximum absolute atomic E-state index is 12.2. The molecule has 5 nitrogen and oxygen atoms in total. The summed E-state index contributed by atoms with van der Waals surface area (Å²) in [4.78, 5) is 26.9. The van der Waals surface area contributed by atoms with Gasteiger partial charge in [0.25, 0.3) is 0 Å². The maximum Gasteiger partial charge on any atom is 0.321 e. The van der Waals surface area contributed by atoms with Crippen LogP contribution >= 0.6 is 15.9 Å². The fourth-order valence-electron chi connectivity index (χ4n) is 2.14. The zero-order chi connectivity index (χ0) is 14.7. The van der Waals surface area contributed by atoms with E-state index in [1.807, 2.05) is 25.1 Å². The van der Waals surface area contributed by atoms with Gasteiger partial charge in [0.2, 0.25) is 5.91 Å². The third-order valence-electron chi connectivity index (χ3n) is 3.38. The Morgan fingerprint density at radius 3 is 2.30 bits per heavy atom. The number of piperazine rings is 1. The third-order valence-corrected chi connectivity index (χ3v) is 4.03. The molecule has 0 spiro atoms. The second kappa shape index (κ2) is 6.26. The van der Waals surface area contributed by atoms with E-state index in [4.69, 9.17) is 0 Å². The third kappa shape index (κ3) is 3.50. The van der Waals surface area contributed by atoms with E-state index in [0.717, 1.165) is 15.7 Å². The molecule has 1 aliphatic rings. The van der Waals surface area contributed by atoms with Gasteiger partial charge in [-0.15, -0.1) is 0 Å². The molecule has 1 aromatic rings. The average Bonchev–Trinajstić information content (AvgIpc) is 2.42. The van der Waals surface area contributed by atoms with Gasteiger partial charge in [-0.05, 0) is 40.5 Å². The highest BCUT2D eigenvalue weighted by Crippen LogP contribution is 2.23. The van der Waals surface area contributed by atoms with E-state index in [0.29, 0.717) is 26.2 Å². The number of nitrogens with zero attached hydrogens (tertiary/aromatic N) is 2. The molecule has 0 bridgehead atoms. The Kier molecular flexibility index (Phi) is 4.65. The van der Waals surface area contributed by atoms with Crippen molar-refractivity contribution in [1.29, 1.82) is 0 Å². The van der Waals surface area contributed by atoms with Crippen LogP contribution in [0, 0.1) is 6.92 Å². The standard InChI is InChI=1S/C14H18BrN3O2/c1-10-3-4-13(12(15)9-10)16-14(20)18-7-5-17(6-8-18)11(2)19/h3-4,9H,5-8H2,1-2H3,(H,16,20). The van der Waals surface area contributed by atoms with Crippen molar-refractivity contribution < 1.29 is 9.59 Å². The largest absolute Gasteiger partial charge is 0.339 e. The highest BCUT2D eigenvalue weighted by atomic mass is 79.9. The van der Waals surface area contributed by atoms with Crippen molar-refractivity contribution >= 4 is 33.6 Å². The SMILES string of the molecule is CC(=O)N1CCN(C(=O)Nc2ccc(C)cc2Br)CC1. The Bertz CT molecular complexity index is 525. The highest BCUT2D eigenvalue weighted by molar-refractivity contribution is 9.10. The summed E-state index contributed by atoms with van der Waals surface area (Å²) in [6, 6.07) is 5.67. The number of aryl methyl sites for hydroxylation is 1. The van der Waals surface area contributed by atoms with E-state index in [1.165, 1.54) is 0 Å². The van der Waals surface area contributed by atoms with Crippen LogP contribution in [0.15, 0.2) is 22.7 Å². The lowest BCUT2D eigenvalue weighted by Gasteiger charge is -2.34. The highest BCUT2D eigenvalue weighted by Gasteiger charge is 2.22. The number of urea groups is 1. The molecule has 3 amide bonds. The maximum atomic E-state index is 12.2. The lowest BCUT2D eigenvalue weighted by atomic mass is 10.2. The van der Waals surface area contributed by atoms with E-state index < -0.39 is 0 Å². The van der Waals surface area contributed by atoms with E-state index in [-0.39, 0.29) is 11.9 Å². The number of rotatable bonds is 1. The molecule has 1 fully saturated rings. The van der Waals surface area contributed by atoms with Crippen LogP contribution in [-0.2, 0) is 4.79 Å². The number of benzene rings is 1. The van der Waals surface area contributed by atoms with Crippen molar-refractivity contribution in [3.05, 3.63) is 28.2 Å². The zero-order valence-corrected chi connectivity index (χ0v) is 13.2. The van der Waals surface area contributed by atoms with Gasteiger partial charge in [0.1, 0.15) is 0 Å². The fraction of sp³-hybridized carbons (Fsp3) is 0.429. The lowest BCUT2D eigenvalue weighted by molar-refractivity contribution is -0.130. The Hall–Kier alpha value is -1.56. The number of anilines is 1. The molecule has 0 unspecified atom stereocenters. The molecule has 1 heterocycles. The van der Waals surface area contributed by atoms with E-state index >= 15 is 0 Å². The normalized spacial score (nSPS) is 15.2. The molecular formula is C14H18BrN3O2. The van der Waals surface area contributed by atoms with Crippen LogP contribution in [0.25, 0.3) is 0 Å². The predicted octanol–water partition coefficient (Wildman–Crippen LogP) is 2.45. The number of carbonyl (C=O) groups is 2. The minimum atomic E-state index is -0.127. The topological polar surface area (TPSA) is 52.7 Å². The van der Waals surface area contributed by atoms with Gasteiger partial charge in [-0.25, -0.2) is 4.79 Å². The van der Waals surface area contributed by atoms with Crippen LogP contribution in [0.2, 0.25) is 0 Å². The first kappa shape index (κ1) is 14.8. The van der Waals surface area contributed by atoms with Crippen molar-refractivity contribution in [2.24, 2.45) is 0 Å². The van der Waals surface area contributed by atoms with Gasteiger partial charge < -0.3 is 15.1 Å². The van der Waals surface area contributed by atoms with Crippen LogP contribution in [0.3, 0.4) is 0 Å². The Labute approximate surface area is 127 Å². The number of hydrogen-bond donors (Lipinski definition) is 1. The number of carbonyl (C=O) groups excluding carboxylic acids is 2. The van der Waals surface area contributed by atoms with Gasteiger partial charge in [0.15, 0.2) is 0 Å². The first-order chi connectivity index (χ1) is 9.47. The molecule has 1 aliphatic heterocycles. The van der Waals surface area contributed by atoms with Crippen molar-refractivity contribution in [2.75, 3.05) is 31.5 Å². The summed E-state index contributed by atoms with van der Waals surface area (Å²) >= 11 is 3.44. The number of halogens is 1. The molecule has 0 atom stereocenters. The molecule has 108 valence electrons. The van der Waals surface area contributed by atoms with Crippen LogP contribution in [0.1, 0.15) is 12.5 Å². The second-order valence-electron chi connectivity index (χ2n) is 4.91. The molecular weight excluding hydrogens is 322 g/mol. The minimum absolute atomic E-state index is 0.0614. The molecule has 20 heavy (non-hydrogen) atoms. The van der Waals surface area contributed by atoms with E-state index in [9.17, 15) is 9.59 Å². The Morgan fingerprint density at radius 2 is 1.75 bits per heavy atom. The summed E-state index contributed by atoms with van der Waals surface area (Å²) in [6.45, 7) is 5.87. The quantitative estimate of drug-likeness (QED) is 0.854. The zero-order valence-electron chi connectivity index (χ0n) is 11.6. The van der Waals surface area contributed by atoms with Crippen LogP contribution in [0.4, 0.5) is 10.5 Å². The van der Waals surface area contributed by atoms with Crippen molar-refractivity contribution in [3.8, 4) is 0 Å². The van der Waals surface area contributed by atoms with Crippen molar-refractivity contribution in [2.45, 2.75) is 13.8 Å². The Balaban J connectivity index is 1.94. The first-order valence-corrected chi connectivity index (χ1v) is 7.34. The van der Waals surface area contributed by atoms with Gasteiger partial charge >= 0.3 is 6.03 Å². The predicted molar refractivity (Wildman–Crippen MR) is 81.7 cm³/mol. The van der Waals surface area contributed by atoms with Gasteiger partial charge in [0, 0.05) is 37.6 Å². The molecule has 2 rings (SSSR count). The molecule has 0 aromatic heterocycles. The number of amides is 3. The van der Waals surface area contributed by atoms with Gasteiger partial charge in [-0.2, -0.15) is 0 Å². The van der Waals surface area contributed by atoms with Crippen molar-refractivity contribution in [1.82, 2.24) is 9.80 Å². The van der Waals surface area contributed by atoms with Crippen molar-refractivity contribution in [3.63, 3.8) is 0 Å². The molecule has 6 heteroatoms. The van der Waals surface area contributed by atoms with Gasteiger partial charge in [-0.1, -0.05) is 6.07 Å². The summed E-state index contributed by atoms with van der Waals surface area (Å²) in [7, 11) is 0. The second-order valence-corrected chi connectivity index (χ2v) is 5.76. The molecule has 1 saturated heterocycles. The number of nitrogens with one attached hydrogen (secondary N) is 1. The average molecular weight is 340 g/mol. The van der Waals surface area contributed by atoms with Crippen LogP contribution in [-0.4, -0.2) is 47.9 Å². The van der Waals surface area contributed by atoms with Gasteiger partial charge in [0.05, 0.1) is 5.69 Å². The van der Waals surface area contributed by atoms with E-state index in [2.05, 4.69) is 21.2 Å². The summed E-state index contributed by atoms with van der Waals surface area (Å²) in [5.74, 6) is 0.0614. The smallest absolute Gasteiger partial charge is 0.321 e. The fourth-order valence-corrected chi connectivity index (χ4v) is 2.73. The summed E-state index contributed by atoms with van der Waals surface area (Å²) in [5.41, 5.74) is 1.89. The van der Waals surface area contributed by atoms with Crippen LogP contribution in [0.5, 0.6) is 0 Å². The molecule has 0 saturated carbocycles.